The van der Waals surface area contributed by atoms with Crippen LogP contribution in [0.3, 0.4) is 0 Å². The van der Waals surface area contributed by atoms with Gasteiger partial charge in [-0.15, -0.1) is 0 Å². The molecule has 0 unspecified atom stereocenters. The molecule has 0 aliphatic heterocycles. The highest BCUT2D eigenvalue weighted by molar-refractivity contribution is 7.22. The number of halogens is 1. The van der Waals surface area contributed by atoms with Crippen LogP contribution in [-0.4, -0.2) is 15.2 Å². The van der Waals surface area contributed by atoms with E-state index >= 15 is 0 Å². The zero-order valence-electron chi connectivity index (χ0n) is 9.30. The Morgan fingerprint density at radius 1 is 1.28 bits per heavy atom. The topological polar surface area (TPSA) is 50.7 Å². The average molecular weight is 277 g/mol. The summed E-state index contributed by atoms with van der Waals surface area (Å²) in [7, 11) is 0. The molecule has 0 saturated carbocycles. The molecule has 0 aliphatic rings. The molecule has 1 N–H and O–H groups in total. The fourth-order valence-electron chi connectivity index (χ4n) is 1.57. The molecule has 2 aromatic heterocycles. The smallest absolute Gasteiger partial charge is 0.184 e. The molecule has 0 aliphatic carbocycles. The van der Waals surface area contributed by atoms with Gasteiger partial charge >= 0.3 is 0 Å². The van der Waals surface area contributed by atoms with E-state index in [0.29, 0.717) is 6.54 Å². The fourth-order valence-corrected chi connectivity index (χ4v) is 2.71. The van der Waals surface area contributed by atoms with E-state index in [1.165, 1.54) is 0 Å². The van der Waals surface area contributed by atoms with Crippen LogP contribution in [0, 0.1) is 0 Å². The van der Waals surface area contributed by atoms with Gasteiger partial charge in [-0.2, -0.15) is 10.2 Å². The molecule has 0 amide bonds. The summed E-state index contributed by atoms with van der Waals surface area (Å²) in [4.78, 5) is 4.47. The molecule has 2 heterocycles. The lowest BCUT2D eigenvalue weighted by Gasteiger charge is -1.99. The molecule has 0 radical (unpaired) electrons. The maximum Gasteiger partial charge on any atom is 0.184 e. The van der Waals surface area contributed by atoms with E-state index in [0.717, 1.165) is 26.1 Å². The summed E-state index contributed by atoms with van der Waals surface area (Å²) >= 11 is 7.52. The van der Waals surface area contributed by atoms with Gasteiger partial charge in [0, 0.05) is 11.2 Å². The molecule has 0 fully saturated rings. The van der Waals surface area contributed by atoms with E-state index in [1.807, 2.05) is 30.3 Å². The summed E-state index contributed by atoms with van der Waals surface area (Å²) in [5, 5.41) is 12.7. The second-order valence-corrected chi connectivity index (χ2v) is 5.17. The van der Waals surface area contributed by atoms with Crippen molar-refractivity contribution in [1.82, 2.24) is 15.2 Å². The minimum absolute atomic E-state index is 0.612. The van der Waals surface area contributed by atoms with Gasteiger partial charge in [0.25, 0.3) is 0 Å². The number of fused-ring (bicyclic) bond motifs is 1. The third kappa shape index (κ3) is 2.42. The first-order chi connectivity index (χ1) is 8.81. The van der Waals surface area contributed by atoms with Crippen LogP contribution < -0.4 is 5.32 Å². The number of aromatic nitrogens is 3. The van der Waals surface area contributed by atoms with Crippen molar-refractivity contribution >= 4 is 38.3 Å². The van der Waals surface area contributed by atoms with E-state index in [9.17, 15) is 0 Å². The summed E-state index contributed by atoms with van der Waals surface area (Å²) in [5.74, 6) is 0. The fraction of sp³-hybridized carbons (Fsp3) is 0.0833. The number of benzene rings is 1. The van der Waals surface area contributed by atoms with E-state index in [-0.39, 0.29) is 0 Å². The minimum Gasteiger partial charge on any atom is -0.356 e. The van der Waals surface area contributed by atoms with Gasteiger partial charge < -0.3 is 5.32 Å². The van der Waals surface area contributed by atoms with E-state index in [1.54, 1.807) is 17.5 Å². The molecule has 90 valence electrons. The molecular formula is C12H9ClN4S. The van der Waals surface area contributed by atoms with Crippen LogP contribution in [-0.2, 0) is 6.54 Å². The molecule has 0 saturated heterocycles. The maximum atomic E-state index is 5.94. The van der Waals surface area contributed by atoms with Gasteiger partial charge in [-0.05, 0) is 30.3 Å². The van der Waals surface area contributed by atoms with Crippen molar-refractivity contribution in [2.45, 2.75) is 6.54 Å². The molecule has 0 spiro atoms. The zero-order chi connectivity index (χ0) is 12.4. The van der Waals surface area contributed by atoms with Crippen molar-refractivity contribution in [1.29, 1.82) is 0 Å². The summed E-state index contributed by atoms with van der Waals surface area (Å²) < 4.78 is 1.07. The second-order valence-electron chi connectivity index (χ2n) is 3.70. The number of rotatable bonds is 3. The summed E-state index contributed by atoms with van der Waals surface area (Å²) in [6.07, 6.45) is 1.66. The highest BCUT2D eigenvalue weighted by Crippen LogP contribution is 2.28. The van der Waals surface area contributed by atoms with Crippen LogP contribution >= 0.6 is 22.9 Å². The van der Waals surface area contributed by atoms with E-state index < -0.39 is 0 Å². The van der Waals surface area contributed by atoms with Crippen LogP contribution in [0.2, 0.25) is 5.02 Å². The molecule has 0 bridgehead atoms. The normalized spacial score (nSPS) is 10.7. The molecule has 1 aromatic carbocycles. The summed E-state index contributed by atoms with van der Waals surface area (Å²) in [6, 6.07) is 9.46. The first-order valence-electron chi connectivity index (χ1n) is 5.38. The van der Waals surface area contributed by atoms with Gasteiger partial charge in [0.2, 0.25) is 0 Å². The van der Waals surface area contributed by atoms with Crippen LogP contribution in [0.4, 0.5) is 5.13 Å². The number of nitrogens with one attached hydrogen (secondary N) is 1. The van der Waals surface area contributed by atoms with Crippen molar-refractivity contribution in [3.8, 4) is 0 Å². The van der Waals surface area contributed by atoms with Crippen LogP contribution in [0.5, 0.6) is 0 Å². The third-order valence-electron chi connectivity index (χ3n) is 2.40. The van der Waals surface area contributed by atoms with Crippen molar-refractivity contribution in [2.75, 3.05) is 5.32 Å². The SMILES string of the molecule is Clc1ccc2nc(NCc3cccnn3)sc2c1. The van der Waals surface area contributed by atoms with Gasteiger partial charge in [0.1, 0.15) is 0 Å². The molecule has 3 aromatic rings. The summed E-state index contributed by atoms with van der Waals surface area (Å²) in [5.41, 5.74) is 1.83. The Kier molecular flexibility index (Phi) is 3.08. The van der Waals surface area contributed by atoms with Crippen molar-refractivity contribution < 1.29 is 0 Å². The van der Waals surface area contributed by atoms with Gasteiger partial charge in [-0.1, -0.05) is 22.9 Å². The lowest BCUT2D eigenvalue weighted by Crippen LogP contribution is -2.01. The number of hydrogen-bond donors (Lipinski definition) is 1. The molecule has 3 rings (SSSR count). The largest absolute Gasteiger partial charge is 0.356 e. The average Bonchev–Trinajstić information content (AvgIpc) is 2.79. The monoisotopic (exact) mass is 276 g/mol. The van der Waals surface area contributed by atoms with Crippen molar-refractivity contribution in [3.05, 3.63) is 47.2 Å². The number of thiazole rings is 1. The molecule has 6 heteroatoms. The Balaban J connectivity index is 1.79. The number of hydrogen-bond acceptors (Lipinski definition) is 5. The highest BCUT2D eigenvalue weighted by atomic mass is 35.5. The predicted molar refractivity (Wildman–Crippen MR) is 74.0 cm³/mol. The Morgan fingerprint density at radius 2 is 2.22 bits per heavy atom. The maximum absolute atomic E-state index is 5.94. The highest BCUT2D eigenvalue weighted by Gasteiger charge is 2.04. The van der Waals surface area contributed by atoms with Gasteiger partial charge in [-0.25, -0.2) is 4.98 Å². The van der Waals surface area contributed by atoms with Gasteiger partial charge in [0.15, 0.2) is 5.13 Å². The van der Waals surface area contributed by atoms with Crippen LogP contribution in [0.25, 0.3) is 10.2 Å². The van der Waals surface area contributed by atoms with Crippen molar-refractivity contribution in [2.24, 2.45) is 0 Å². The Bertz CT molecular complexity index is 668. The molecule has 18 heavy (non-hydrogen) atoms. The quantitative estimate of drug-likeness (QED) is 0.797. The molecule has 0 atom stereocenters. The Labute approximate surface area is 113 Å². The first kappa shape index (κ1) is 11.4. The first-order valence-corrected chi connectivity index (χ1v) is 6.57. The molecular weight excluding hydrogens is 268 g/mol. The van der Waals surface area contributed by atoms with Crippen LogP contribution in [0.1, 0.15) is 5.69 Å². The number of anilines is 1. The van der Waals surface area contributed by atoms with Crippen molar-refractivity contribution in [3.63, 3.8) is 0 Å². The lowest BCUT2D eigenvalue weighted by atomic mass is 10.3. The van der Waals surface area contributed by atoms with Gasteiger partial charge in [-0.3, -0.25) is 0 Å². The van der Waals surface area contributed by atoms with Crippen LogP contribution in [0.15, 0.2) is 36.5 Å². The standard InChI is InChI=1S/C12H9ClN4S/c13-8-3-4-10-11(6-8)18-12(16-10)14-7-9-2-1-5-15-17-9/h1-6H,7H2,(H,14,16). The molecule has 4 nitrogen and oxygen atoms in total. The van der Waals surface area contributed by atoms with E-state index in [2.05, 4.69) is 20.5 Å². The van der Waals surface area contributed by atoms with Gasteiger partial charge in [0.05, 0.1) is 22.5 Å². The Morgan fingerprint density at radius 3 is 3.06 bits per heavy atom. The Hall–Kier alpha value is -1.72. The predicted octanol–water partition coefficient (Wildman–Crippen LogP) is 3.35. The number of nitrogens with zero attached hydrogens (tertiary/aromatic N) is 3. The third-order valence-corrected chi connectivity index (χ3v) is 3.61. The zero-order valence-corrected chi connectivity index (χ0v) is 10.9. The van der Waals surface area contributed by atoms with E-state index in [4.69, 9.17) is 11.6 Å². The minimum atomic E-state index is 0.612. The lowest BCUT2D eigenvalue weighted by molar-refractivity contribution is 0.924. The summed E-state index contributed by atoms with van der Waals surface area (Å²) in [6.45, 7) is 0.612. The second kappa shape index (κ2) is 4.88.